The maximum atomic E-state index is 6.18. The minimum atomic E-state index is 0.626. The molecule has 0 unspecified atom stereocenters. The first kappa shape index (κ1) is 17.8. The number of imidazole rings is 1. The third-order valence-electron chi connectivity index (χ3n) is 5.87. The number of aromatic nitrogens is 4. The van der Waals surface area contributed by atoms with Gasteiger partial charge in [-0.25, -0.2) is 15.0 Å². The van der Waals surface area contributed by atoms with E-state index in [1.165, 1.54) is 6.42 Å². The molecule has 2 N–H and O–H groups in total. The predicted molar refractivity (Wildman–Crippen MR) is 110 cm³/mol. The summed E-state index contributed by atoms with van der Waals surface area (Å²) in [4.78, 5) is 16.3. The zero-order valence-corrected chi connectivity index (χ0v) is 16.6. The lowest BCUT2D eigenvalue weighted by atomic mass is 9.82. The lowest BCUT2D eigenvalue weighted by Crippen LogP contribution is -2.44. The Hall–Kier alpha value is -2.22. The maximum Gasteiger partial charge on any atom is 0.225 e. The smallest absolute Gasteiger partial charge is 0.225 e. The number of hydrogen-bond donors (Lipinski definition) is 2. The van der Waals surface area contributed by atoms with Crippen LogP contribution in [0.15, 0.2) is 36.8 Å². The van der Waals surface area contributed by atoms with Gasteiger partial charge in [-0.3, -0.25) is 15.3 Å². The van der Waals surface area contributed by atoms with Gasteiger partial charge in [-0.1, -0.05) is 18.5 Å². The first-order chi connectivity index (χ1) is 13.7. The maximum absolute atomic E-state index is 6.18. The van der Waals surface area contributed by atoms with E-state index in [-0.39, 0.29) is 0 Å². The minimum absolute atomic E-state index is 0.626. The van der Waals surface area contributed by atoms with Crippen LogP contribution >= 0.6 is 11.6 Å². The quantitative estimate of drug-likeness (QED) is 0.708. The number of hydrogen-bond acceptors (Lipinski definition) is 6. The Morgan fingerprint density at radius 3 is 2.79 bits per heavy atom. The normalized spacial score (nSPS) is 23.6. The van der Waals surface area contributed by atoms with Crippen molar-refractivity contribution in [2.24, 2.45) is 17.8 Å². The summed E-state index contributed by atoms with van der Waals surface area (Å²) in [5, 5.41) is 0.674. The average molecular weight is 398 g/mol. The predicted octanol–water partition coefficient (Wildman–Crippen LogP) is 2.63. The van der Waals surface area contributed by atoms with E-state index < -0.39 is 0 Å². The summed E-state index contributed by atoms with van der Waals surface area (Å²) in [7, 11) is 0. The number of hydrazine groups is 1. The molecule has 0 bridgehead atoms. The van der Waals surface area contributed by atoms with E-state index in [0.717, 1.165) is 49.2 Å². The van der Waals surface area contributed by atoms with Crippen LogP contribution in [0.4, 0.5) is 5.95 Å². The van der Waals surface area contributed by atoms with Gasteiger partial charge in [-0.05, 0) is 42.4 Å². The molecule has 5 heterocycles. The highest BCUT2D eigenvalue weighted by atomic mass is 35.5. The largest absolute Gasteiger partial charge is 0.340 e. The highest BCUT2D eigenvalue weighted by molar-refractivity contribution is 6.30. The van der Waals surface area contributed by atoms with Crippen molar-refractivity contribution in [1.82, 2.24) is 30.2 Å². The number of fused-ring (bicyclic) bond motifs is 1. The minimum Gasteiger partial charge on any atom is -0.340 e. The van der Waals surface area contributed by atoms with E-state index in [1.54, 1.807) is 0 Å². The summed E-state index contributed by atoms with van der Waals surface area (Å²) in [5.41, 5.74) is 9.17. The molecule has 3 aromatic heterocycles. The number of anilines is 1. The molecule has 0 radical (unpaired) electrons. The molecule has 5 rings (SSSR count). The Bertz CT molecular complexity index is 982. The van der Waals surface area contributed by atoms with Gasteiger partial charge in [0, 0.05) is 38.6 Å². The Morgan fingerprint density at radius 1 is 1.07 bits per heavy atom. The number of halogens is 1. The molecular formula is C20H24ClN7. The second-order valence-corrected chi connectivity index (χ2v) is 8.43. The van der Waals surface area contributed by atoms with E-state index in [9.17, 15) is 0 Å². The zero-order valence-electron chi connectivity index (χ0n) is 15.8. The third kappa shape index (κ3) is 3.34. The molecule has 0 saturated carbocycles. The van der Waals surface area contributed by atoms with Crippen molar-refractivity contribution in [3.8, 4) is 11.4 Å². The Morgan fingerprint density at radius 2 is 1.93 bits per heavy atom. The summed E-state index contributed by atoms with van der Waals surface area (Å²) in [6.45, 7) is 6.39. The summed E-state index contributed by atoms with van der Waals surface area (Å²) in [5.74, 6) is 2.73. The van der Waals surface area contributed by atoms with Gasteiger partial charge >= 0.3 is 0 Å². The van der Waals surface area contributed by atoms with E-state index >= 15 is 0 Å². The first-order valence-electron chi connectivity index (χ1n) is 9.84. The van der Waals surface area contributed by atoms with Crippen molar-refractivity contribution in [3.05, 3.63) is 41.8 Å². The zero-order chi connectivity index (χ0) is 19.1. The molecule has 0 amide bonds. The Balaban J connectivity index is 1.45. The van der Waals surface area contributed by atoms with Gasteiger partial charge in [0.1, 0.15) is 5.65 Å². The van der Waals surface area contributed by atoms with Crippen molar-refractivity contribution in [3.63, 3.8) is 0 Å². The molecule has 8 heteroatoms. The number of pyridine rings is 1. The van der Waals surface area contributed by atoms with Crippen LogP contribution in [0.1, 0.15) is 13.3 Å². The van der Waals surface area contributed by atoms with Crippen LogP contribution in [-0.2, 0) is 0 Å². The topological polar surface area (TPSA) is 70.4 Å². The highest BCUT2D eigenvalue weighted by Crippen LogP contribution is 2.31. The van der Waals surface area contributed by atoms with Crippen molar-refractivity contribution < 1.29 is 0 Å². The lowest BCUT2D eigenvalue weighted by molar-refractivity contribution is 0.262. The van der Waals surface area contributed by atoms with Crippen molar-refractivity contribution in [1.29, 1.82) is 0 Å². The molecule has 2 fully saturated rings. The van der Waals surface area contributed by atoms with Crippen molar-refractivity contribution in [2.75, 3.05) is 31.1 Å². The number of rotatable bonds is 3. The van der Waals surface area contributed by atoms with Crippen molar-refractivity contribution in [2.45, 2.75) is 13.3 Å². The van der Waals surface area contributed by atoms with Crippen LogP contribution in [-0.4, -0.2) is 45.5 Å². The molecule has 2 aliphatic rings. The molecule has 146 valence electrons. The number of nitrogens with zero attached hydrogens (tertiary/aromatic N) is 5. The van der Waals surface area contributed by atoms with E-state index in [4.69, 9.17) is 16.6 Å². The van der Waals surface area contributed by atoms with Crippen LogP contribution < -0.4 is 15.8 Å². The van der Waals surface area contributed by atoms with Gasteiger partial charge in [-0.15, -0.1) is 0 Å². The lowest BCUT2D eigenvalue weighted by Gasteiger charge is -2.38. The number of nitrogens with one attached hydrogen (secondary N) is 2. The first-order valence-corrected chi connectivity index (χ1v) is 10.2. The summed E-state index contributed by atoms with van der Waals surface area (Å²) in [6, 6.07) is 5.69. The monoisotopic (exact) mass is 397 g/mol. The molecule has 0 spiro atoms. The highest BCUT2D eigenvalue weighted by Gasteiger charge is 2.33. The third-order valence-corrected chi connectivity index (χ3v) is 6.09. The molecule has 3 aromatic rings. The molecule has 2 saturated heterocycles. The Labute approximate surface area is 169 Å². The fraction of sp³-hybridized carbons (Fsp3) is 0.450. The molecule has 0 aliphatic carbocycles. The SMILES string of the molecule is C[C@H]1C[C@@H](C2CNNC2)CN(c2nccc(-c3cnc4ccc(Cl)cn34)n2)C1. The standard InChI is InChI=1S/C20H24ClN7/c1-13-6-14(15-7-24-25-8-15)11-27(10-13)20-22-5-4-17(26-20)18-9-23-19-3-2-16(21)12-28(18)19/h2-5,9,12-15,24-25H,6-8,10-11H2,1H3/t13-,14+/m0/s1. The second-order valence-electron chi connectivity index (χ2n) is 7.99. The van der Waals surface area contributed by atoms with Crippen LogP contribution in [0.2, 0.25) is 5.02 Å². The van der Waals surface area contributed by atoms with Gasteiger partial charge in [0.25, 0.3) is 0 Å². The molecule has 28 heavy (non-hydrogen) atoms. The average Bonchev–Trinajstić information content (AvgIpc) is 3.37. The fourth-order valence-corrected chi connectivity index (χ4v) is 4.66. The summed E-state index contributed by atoms with van der Waals surface area (Å²) >= 11 is 6.18. The fourth-order valence-electron chi connectivity index (χ4n) is 4.50. The summed E-state index contributed by atoms with van der Waals surface area (Å²) < 4.78 is 1.98. The van der Waals surface area contributed by atoms with E-state index in [1.807, 2.05) is 41.2 Å². The number of piperidine rings is 1. The Kier molecular flexibility index (Phi) is 4.66. The molecule has 7 nitrogen and oxygen atoms in total. The van der Waals surface area contributed by atoms with Gasteiger partial charge < -0.3 is 4.90 Å². The van der Waals surface area contributed by atoms with Gasteiger partial charge in [0.2, 0.25) is 5.95 Å². The van der Waals surface area contributed by atoms with Crippen molar-refractivity contribution >= 4 is 23.2 Å². The van der Waals surface area contributed by atoms with E-state index in [2.05, 4.69) is 32.6 Å². The molecular weight excluding hydrogens is 374 g/mol. The molecule has 0 aromatic carbocycles. The van der Waals surface area contributed by atoms with Crippen LogP contribution in [0.5, 0.6) is 0 Å². The van der Waals surface area contributed by atoms with Crippen LogP contribution in [0, 0.1) is 17.8 Å². The molecule has 2 atom stereocenters. The van der Waals surface area contributed by atoms with Gasteiger partial charge in [0.15, 0.2) is 0 Å². The van der Waals surface area contributed by atoms with Crippen LogP contribution in [0.25, 0.3) is 17.0 Å². The van der Waals surface area contributed by atoms with Gasteiger partial charge in [-0.2, -0.15) is 0 Å². The van der Waals surface area contributed by atoms with Crippen LogP contribution in [0.3, 0.4) is 0 Å². The molecule has 2 aliphatic heterocycles. The second kappa shape index (κ2) is 7.31. The summed E-state index contributed by atoms with van der Waals surface area (Å²) in [6.07, 6.45) is 6.82. The van der Waals surface area contributed by atoms with Gasteiger partial charge in [0.05, 0.1) is 22.6 Å². The van der Waals surface area contributed by atoms with E-state index in [0.29, 0.717) is 22.8 Å².